The number of hydrogen-bond donors (Lipinski definition) is 1. The Morgan fingerprint density at radius 3 is 2.66 bits per heavy atom. The van der Waals surface area contributed by atoms with Gasteiger partial charge in [0.1, 0.15) is 0 Å². The molecule has 0 aliphatic carbocycles. The van der Waals surface area contributed by atoms with Crippen LogP contribution in [0.3, 0.4) is 0 Å². The van der Waals surface area contributed by atoms with Crippen LogP contribution in [0.5, 0.6) is 0 Å². The van der Waals surface area contributed by atoms with Crippen LogP contribution in [0, 0.1) is 6.92 Å². The van der Waals surface area contributed by atoms with Crippen molar-refractivity contribution in [1.82, 2.24) is 9.29 Å². The average molecular weight is 450 g/mol. The van der Waals surface area contributed by atoms with Crippen LogP contribution in [0.25, 0.3) is 10.2 Å². The number of thiazole rings is 1. The number of anilines is 1. The van der Waals surface area contributed by atoms with Gasteiger partial charge in [-0.2, -0.15) is 4.31 Å². The molecule has 1 aliphatic heterocycles. The maximum atomic E-state index is 12.9. The lowest BCUT2D eigenvalue weighted by molar-refractivity contribution is 0.102. The van der Waals surface area contributed by atoms with Gasteiger partial charge in [0.2, 0.25) is 10.0 Å². The zero-order valence-electron chi connectivity index (χ0n) is 15.8. The van der Waals surface area contributed by atoms with Crippen LogP contribution in [0.2, 0.25) is 5.02 Å². The Morgan fingerprint density at radius 2 is 1.93 bits per heavy atom. The summed E-state index contributed by atoms with van der Waals surface area (Å²) in [6, 6.07) is 10.1. The van der Waals surface area contributed by atoms with Crippen molar-refractivity contribution in [3.8, 4) is 0 Å². The number of carbonyl (C=O) groups is 1. The number of para-hydroxylation sites is 1. The second kappa shape index (κ2) is 8.02. The molecule has 1 aliphatic rings. The third-order valence-electron chi connectivity index (χ3n) is 4.98. The fourth-order valence-corrected chi connectivity index (χ4v) is 6.08. The fourth-order valence-electron chi connectivity index (χ4n) is 3.40. The van der Waals surface area contributed by atoms with Crippen molar-refractivity contribution in [1.29, 1.82) is 0 Å². The van der Waals surface area contributed by atoms with E-state index < -0.39 is 15.9 Å². The summed E-state index contributed by atoms with van der Waals surface area (Å²) in [5.41, 5.74) is 1.97. The van der Waals surface area contributed by atoms with Crippen LogP contribution >= 0.6 is 22.9 Å². The van der Waals surface area contributed by atoms with Crippen molar-refractivity contribution in [2.75, 3.05) is 18.4 Å². The highest BCUT2D eigenvalue weighted by Crippen LogP contribution is 2.30. The number of halogens is 1. The predicted molar refractivity (Wildman–Crippen MR) is 116 cm³/mol. The molecule has 0 bridgehead atoms. The largest absolute Gasteiger partial charge is 0.298 e. The van der Waals surface area contributed by atoms with Crippen molar-refractivity contribution >= 4 is 54.2 Å². The molecule has 1 saturated heterocycles. The smallest absolute Gasteiger partial charge is 0.259 e. The summed E-state index contributed by atoms with van der Waals surface area (Å²) < 4.78 is 28.3. The number of aromatic nitrogens is 1. The van der Waals surface area contributed by atoms with Gasteiger partial charge in [-0.25, -0.2) is 13.4 Å². The first-order valence-electron chi connectivity index (χ1n) is 9.33. The summed E-state index contributed by atoms with van der Waals surface area (Å²) in [5, 5.41) is 3.39. The van der Waals surface area contributed by atoms with E-state index in [4.69, 9.17) is 11.6 Å². The van der Waals surface area contributed by atoms with Crippen molar-refractivity contribution < 1.29 is 13.2 Å². The molecule has 0 unspecified atom stereocenters. The number of rotatable bonds is 4. The van der Waals surface area contributed by atoms with Crippen LogP contribution in [-0.4, -0.2) is 36.7 Å². The summed E-state index contributed by atoms with van der Waals surface area (Å²) in [6.45, 7) is 2.95. The van der Waals surface area contributed by atoms with E-state index in [1.54, 1.807) is 0 Å². The third kappa shape index (κ3) is 4.02. The first-order chi connectivity index (χ1) is 13.9. The topological polar surface area (TPSA) is 79.4 Å². The quantitative estimate of drug-likeness (QED) is 0.626. The number of nitrogens with one attached hydrogen (secondary N) is 1. The predicted octanol–water partition coefficient (Wildman–Crippen LogP) is 4.69. The van der Waals surface area contributed by atoms with Gasteiger partial charge in [0.25, 0.3) is 5.91 Å². The second-order valence-electron chi connectivity index (χ2n) is 7.00. The van der Waals surface area contributed by atoms with Crippen LogP contribution < -0.4 is 5.32 Å². The summed E-state index contributed by atoms with van der Waals surface area (Å²) >= 11 is 7.57. The van der Waals surface area contributed by atoms with Crippen LogP contribution in [-0.2, 0) is 10.0 Å². The van der Waals surface area contributed by atoms with Gasteiger partial charge in [-0.15, -0.1) is 0 Å². The molecule has 1 amide bonds. The zero-order valence-corrected chi connectivity index (χ0v) is 18.2. The third-order valence-corrected chi connectivity index (χ3v) is 8.14. The van der Waals surface area contributed by atoms with Gasteiger partial charge >= 0.3 is 0 Å². The van der Waals surface area contributed by atoms with Crippen LogP contribution in [0.4, 0.5) is 5.13 Å². The molecule has 152 valence electrons. The summed E-state index contributed by atoms with van der Waals surface area (Å²) in [7, 11) is -3.65. The molecular weight excluding hydrogens is 430 g/mol. The van der Waals surface area contributed by atoms with E-state index in [9.17, 15) is 13.2 Å². The minimum atomic E-state index is -3.65. The molecule has 0 atom stereocenters. The van der Waals surface area contributed by atoms with Crippen LogP contribution in [0.15, 0.2) is 41.3 Å². The SMILES string of the molecule is Cc1cccc2sc(NC(=O)c3cc(S(=O)(=O)N4CCCCC4)ccc3Cl)nc12. The summed E-state index contributed by atoms with van der Waals surface area (Å²) in [5.74, 6) is -0.484. The van der Waals surface area contributed by atoms with Gasteiger partial charge in [0.15, 0.2) is 5.13 Å². The van der Waals surface area contributed by atoms with Crippen molar-refractivity contribution in [2.45, 2.75) is 31.1 Å². The van der Waals surface area contributed by atoms with E-state index >= 15 is 0 Å². The van der Waals surface area contributed by atoms with Gasteiger partial charge in [0.05, 0.1) is 25.7 Å². The monoisotopic (exact) mass is 449 g/mol. The number of hydrogen-bond acceptors (Lipinski definition) is 5. The van der Waals surface area contributed by atoms with E-state index in [0.717, 1.165) is 35.0 Å². The number of nitrogens with zero attached hydrogens (tertiary/aromatic N) is 2. The van der Waals surface area contributed by atoms with Crippen molar-refractivity contribution in [2.24, 2.45) is 0 Å². The first-order valence-corrected chi connectivity index (χ1v) is 12.0. The maximum Gasteiger partial charge on any atom is 0.259 e. The lowest BCUT2D eigenvalue weighted by atomic mass is 10.2. The lowest BCUT2D eigenvalue weighted by Crippen LogP contribution is -2.35. The minimum absolute atomic E-state index is 0.0779. The molecule has 2 heterocycles. The van der Waals surface area contributed by atoms with Crippen molar-refractivity contribution in [3.05, 3.63) is 52.5 Å². The highest BCUT2D eigenvalue weighted by Gasteiger charge is 2.27. The molecule has 1 fully saturated rings. The van der Waals surface area contributed by atoms with Gasteiger partial charge in [-0.3, -0.25) is 10.1 Å². The number of fused-ring (bicyclic) bond motifs is 1. The van der Waals surface area contributed by atoms with E-state index in [1.807, 2.05) is 25.1 Å². The number of carbonyl (C=O) groups excluding carboxylic acids is 1. The fraction of sp³-hybridized carbons (Fsp3) is 0.300. The molecule has 9 heteroatoms. The molecule has 29 heavy (non-hydrogen) atoms. The number of piperidine rings is 1. The Morgan fingerprint density at radius 1 is 1.17 bits per heavy atom. The van der Waals surface area contributed by atoms with Crippen molar-refractivity contribution in [3.63, 3.8) is 0 Å². The van der Waals surface area contributed by atoms with Crippen LogP contribution in [0.1, 0.15) is 35.2 Å². The molecule has 6 nitrogen and oxygen atoms in total. The highest BCUT2D eigenvalue weighted by atomic mass is 35.5. The van der Waals surface area contributed by atoms with Gasteiger partial charge < -0.3 is 0 Å². The van der Waals surface area contributed by atoms with Gasteiger partial charge in [-0.1, -0.05) is 41.5 Å². The molecule has 1 aromatic heterocycles. The molecule has 0 spiro atoms. The van der Waals surface area contributed by atoms with Gasteiger partial charge in [0, 0.05) is 13.1 Å². The Balaban J connectivity index is 1.62. The summed E-state index contributed by atoms with van der Waals surface area (Å²) in [4.78, 5) is 17.4. The Kier molecular flexibility index (Phi) is 5.61. The molecule has 1 N–H and O–H groups in total. The van der Waals surface area contributed by atoms with E-state index in [-0.39, 0.29) is 15.5 Å². The highest BCUT2D eigenvalue weighted by molar-refractivity contribution is 7.89. The van der Waals surface area contributed by atoms with E-state index in [1.165, 1.54) is 33.8 Å². The Bertz CT molecular complexity index is 1180. The van der Waals surface area contributed by atoms with Gasteiger partial charge in [-0.05, 0) is 49.6 Å². The molecule has 2 aromatic carbocycles. The first kappa shape index (κ1) is 20.3. The molecular formula is C20H20ClN3O3S2. The average Bonchev–Trinajstić information content (AvgIpc) is 3.12. The minimum Gasteiger partial charge on any atom is -0.298 e. The summed E-state index contributed by atoms with van der Waals surface area (Å²) in [6.07, 6.45) is 2.72. The lowest BCUT2D eigenvalue weighted by Gasteiger charge is -2.26. The standard InChI is InChI=1S/C20H20ClN3O3S2/c1-13-6-5-7-17-18(13)22-20(28-17)23-19(25)15-12-14(8-9-16(15)21)29(26,27)24-10-3-2-4-11-24/h5-9,12H,2-4,10-11H2,1H3,(H,22,23,25). The second-order valence-corrected chi connectivity index (χ2v) is 10.4. The normalized spacial score (nSPS) is 15.5. The number of aryl methyl sites for hydroxylation is 1. The molecule has 0 saturated carbocycles. The number of sulfonamides is 1. The molecule has 3 aromatic rings. The molecule has 4 rings (SSSR count). The van der Waals surface area contributed by atoms with E-state index in [0.29, 0.717) is 18.2 Å². The Hall–Kier alpha value is -2.00. The Labute approximate surface area is 178 Å². The number of benzene rings is 2. The molecule has 0 radical (unpaired) electrons. The zero-order chi connectivity index (χ0) is 20.6. The van der Waals surface area contributed by atoms with E-state index in [2.05, 4.69) is 10.3 Å². The maximum absolute atomic E-state index is 12.9. The number of amides is 1.